The zero-order valence-electron chi connectivity index (χ0n) is 11.6. The average Bonchev–Trinajstić information content (AvgIpc) is 2.51. The summed E-state index contributed by atoms with van der Waals surface area (Å²) in [4.78, 5) is 0. The van der Waals surface area contributed by atoms with Crippen molar-refractivity contribution in [2.24, 2.45) is 0 Å². The summed E-state index contributed by atoms with van der Waals surface area (Å²) in [5, 5.41) is 38.1. The highest BCUT2D eigenvalue weighted by Gasteiger charge is 2.30. The Morgan fingerprint density at radius 3 is 2.43 bits per heavy atom. The molecule has 1 fully saturated rings. The van der Waals surface area contributed by atoms with Gasteiger partial charge in [-0.2, -0.15) is 0 Å². The third-order valence-corrected chi connectivity index (χ3v) is 3.47. The minimum absolute atomic E-state index is 0.238. The monoisotopic (exact) mass is 292 g/mol. The van der Waals surface area contributed by atoms with Crippen LogP contribution in [0.3, 0.4) is 0 Å². The fourth-order valence-electron chi connectivity index (χ4n) is 2.23. The van der Waals surface area contributed by atoms with E-state index in [1.165, 1.54) is 0 Å². The molecular weight excluding hydrogens is 272 g/mol. The summed E-state index contributed by atoms with van der Waals surface area (Å²) in [5.41, 5.74) is 0. The van der Waals surface area contributed by atoms with Crippen LogP contribution in [0.2, 0.25) is 0 Å². The normalized spacial score (nSPS) is 25.2. The van der Waals surface area contributed by atoms with Crippen molar-refractivity contribution in [3.63, 3.8) is 0 Å². The van der Waals surface area contributed by atoms with E-state index in [0.717, 1.165) is 10.8 Å². The van der Waals surface area contributed by atoms with Crippen LogP contribution < -0.4 is 0 Å². The van der Waals surface area contributed by atoms with Crippen LogP contribution in [0.4, 0.5) is 0 Å². The number of benzene rings is 2. The van der Waals surface area contributed by atoms with Gasteiger partial charge in [-0.15, -0.1) is 0 Å². The van der Waals surface area contributed by atoms with Crippen LogP contribution in [-0.4, -0.2) is 52.0 Å². The molecule has 0 aliphatic carbocycles. The summed E-state index contributed by atoms with van der Waals surface area (Å²) < 4.78 is 4.95. The highest BCUT2D eigenvalue weighted by molar-refractivity contribution is 5.87. The molecular formula is C16H20O5. The second-order valence-electron chi connectivity index (χ2n) is 4.94. The van der Waals surface area contributed by atoms with Gasteiger partial charge in [0, 0.05) is 12.0 Å². The Hall–Kier alpha value is -1.66. The standard InChI is InChI=1S/C10H8O.C6H12O4/c11-10-7-3-5-8-4-1-2-6-9(8)10;7-3-5-6(9)4(8)1-2-10-5/h1-7,11H;4-9H,1-3H2. The molecule has 4 N–H and O–H groups in total. The van der Waals surface area contributed by atoms with Crippen LogP contribution in [0.25, 0.3) is 10.8 Å². The van der Waals surface area contributed by atoms with Gasteiger partial charge in [-0.1, -0.05) is 36.4 Å². The molecule has 114 valence electrons. The molecule has 3 rings (SSSR count). The zero-order valence-corrected chi connectivity index (χ0v) is 11.6. The minimum atomic E-state index is -0.932. The molecule has 0 spiro atoms. The molecule has 1 aliphatic rings. The molecule has 0 aromatic heterocycles. The molecule has 5 heteroatoms. The number of rotatable bonds is 1. The molecule has 5 nitrogen and oxygen atoms in total. The van der Waals surface area contributed by atoms with E-state index in [2.05, 4.69) is 0 Å². The van der Waals surface area contributed by atoms with E-state index in [1.54, 1.807) is 6.07 Å². The largest absolute Gasteiger partial charge is 0.507 e. The topological polar surface area (TPSA) is 90.2 Å². The van der Waals surface area contributed by atoms with E-state index >= 15 is 0 Å². The summed E-state index contributed by atoms with van der Waals surface area (Å²) in [5.74, 6) is 0.350. The molecule has 2 aromatic rings. The molecule has 0 bridgehead atoms. The second-order valence-corrected chi connectivity index (χ2v) is 4.94. The van der Waals surface area contributed by atoms with Crippen molar-refractivity contribution in [1.82, 2.24) is 0 Å². The van der Waals surface area contributed by atoms with Gasteiger partial charge in [0.1, 0.15) is 18.0 Å². The SMILES string of the molecule is OCC1OCCC(O)C1O.Oc1cccc2ccccc12. The second kappa shape index (κ2) is 7.38. The first-order valence-electron chi connectivity index (χ1n) is 6.89. The van der Waals surface area contributed by atoms with Gasteiger partial charge < -0.3 is 25.2 Å². The third kappa shape index (κ3) is 3.92. The molecule has 0 amide bonds. The van der Waals surface area contributed by atoms with Crippen molar-refractivity contribution in [1.29, 1.82) is 0 Å². The maximum absolute atomic E-state index is 9.37. The Morgan fingerprint density at radius 2 is 1.76 bits per heavy atom. The molecule has 2 aromatic carbocycles. The van der Waals surface area contributed by atoms with Crippen LogP contribution in [0.1, 0.15) is 6.42 Å². The minimum Gasteiger partial charge on any atom is -0.507 e. The molecule has 1 saturated heterocycles. The van der Waals surface area contributed by atoms with E-state index in [1.807, 2.05) is 36.4 Å². The van der Waals surface area contributed by atoms with E-state index in [9.17, 15) is 5.11 Å². The summed E-state index contributed by atoms with van der Waals surface area (Å²) in [6, 6.07) is 13.3. The summed E-state index contributed by atoms with van der Waals surface area (Å²) in [6.07, 6.45) is -1.84. The Labute approximate surface area is 123 Å². The van der Waals surface area contributed by atoms with E-state index in [0.29, 0.717) is 18.8 Å². The Morgan fingerprint density at radius 1 is 1.05 bits per heavy atom. The van der Waals surface area contributed by atoms with Gasteiger partial charge >= 0.3 is 0 Å². The predicted octanol–water partition coefficient (Wildman–Crippen LogP) is 1.03. The first-order chi connectivity index (χ1) is 10.1. The fourth-order valence-corrected chi connectivity index (χ4v) is 2.23. The maximum atomic E-state index is 9.37. The van der Waals surface area contributed by atoms with Gasteiger partial charge in [0.2, 0.25) is 0 Å². The third-order valence-electron chi connectivity index (χ3n) is 3.47. The first kappa shape index (κ1) is 15.7. The van der Waals surface area contributed by atoms with Crippen LogP contribution in [-0.2, 0) is 4.74 Å². The Balaban J connectivity index is 0.000000155. The highest BCUT2D eigenvalue weighted by atomic mass is 16.5. The number of aromatic hydroxyl groups is 1. The van der Waals surface area contributed by atoms with Gasteiger partial charge in [0.15, 0.2) is 0 Å². The Bertz CT molecular complexity index is 566. The molecule has 3 unspecified atom stereocenters. The van der Waals surface area contributed by atoms with E-state index in [4.69, 9.17) is 20.1 Å². The molecule has 0 saturated carbocycles. The van der Waals surface area contributed by atoms with Crippen LogP contribution >= 0.6 is 0 Å². The number of hydrogen-bond donors (Lipinski definition) is 4. The van der Waals surface area contributed by atoms with Crippen LogP contribution in [0.15, 0.2) is 42.5 Å². The van der Waals surface area contributed by atoms with Crippen molar-refractivity contribution in [2.45, 2.75) is 24.7 Å². The predicted molar refractivity (Wildman–Crippen MR) is 79.1 cm³/mol. The van der Waals surface area contributed by atoms with Crippen molar-refractivity contribution in [2.75, 3.05) is 13.2 Å². The molecule has 0 radical (unpaired) electrons. The van der Waals surface area contributed by atoms with Gasteiger partial charge in [0.25, 0.3) is 0 Å². The summed E-state index contributed by atoms with van der Waals surface area (Å²) in [7, 11) is 0. The van der Waals surface area contributed by atoms with Crippen molar-refractivity contribution in [3.05, 3.63) is 42.5 Å². The quantitative estimate of drug-likeness (QED) is 0.630. The number of phenolic OH excluding ortho intramolecular Hbond substituents is 1. The first-order valence-corrected chi connectivity index (χ1v) is 6.89. The molecule has 21 heavy (non-hydrogen) atoms. The number of hydrogen-bond acceptors (Lipinski definition) is 5. The lowest BCUT2D eigenvalue weighted by Gasteiger charge is -2.30. The fraction of sp³-hybridized carbons (Fsp3) is 0.375. The molecule has 3 atom stereocenters. The number of fused-ring (bicyclic) bond motifs is 1. The zero-order chi connectivity index (χ0) is 15.2. The number of phenols is 1. The van der Waals surface area contributed by atoms with Crippen molar-refractivity contribution in [3.8, 4) is 5.75 Å². The van der Waals surface area contributed by atoms with Gasteiger partial charge in [-0.05, 0) is 17.9 Å². The summed E-state index contributed by atoms with van der Waals surface area (Å²) >= 11 is 0. The van der Waals surface area contributed by atoms with Gasteiger partial charge in [-0.25, -0.2) is 0 Å². The van der Waals surface area contributed by atoms with Crippen molar-refractivity contribution < 1.29 is 25.2 Å². The highest BCUT2D eigenvalue weighted by Crippen LogP contribution is 2.22. The van der Waals surface area contributed by atoms with E-state index < -0.39 is 18.3 Å². The number of aliphatic hydroxyl groups excluding tert-OH is 3. The number of ether oxygens (including phenoxy) is 1. The van der Waals surface area contributed by atoms with Crippen molar-refractivity contribution >= 4 is 10.8 Å². The number of aliphatic hydroxyl groups is 3. The average molecular weight is 292 g/mol. The van der Waals surface area contributed by atoms with Gasteiger partial charge in [0.05, 0.1) is 12.7 Å². The smallest absolute Gasteiger partial charge is 0.123 e. The molecule has 1 heterocycles. The van der Waals surface area contributed by atoms with Crippen LogP contribution in [0, 0.1) is 0 Å². The lowest BCUT2D eigenvalue weighted by Crippen LogP contribution is -2.46. The lowest BCUT2D eigenvalue weighted by atomic mass is 10.0. The summed E-state index contributed by atoms with van der Waals surface area (Å²) in [6.45, 7) is 0.168. The maximum Gasteiger partial charge on any atom is 0.123 e. The lowest BCUT2D eigenvalue weighted by molar-refractivity contribution is -0.147. The van der Waals surface area contributed by atoms with E-state index in [-0.39, 0.29) is 6.61 Å². The van der Waals surface area contributed by atoms with Gasteiger partial charge in [-0.3, -0.25) is 0 Å². The Kier molecular flexibility index (Phi) is 5.52. The molecule has 1 aliphatic heterocycles. The van der Waals surface area contributed by atoms with Crippen LogP contribution in [0.5, 0.6) is 5.75 Å².